The van der Waals surface area contributed by atoms with Crippen molar-refractivity contribution < 1.29 is 0 Å². The normalized spacial score (nSPS) is 12.6. The molecule has 0 amide bonds. The van der Waals surface area contributed by atoms with Crippen molar-refractivity contribution >= 4 is 22.9 Å². The molecule has 7 heteroatoms. The van der Waals surface area contributed by atoms with Gasteiger partial charge in [0.1, 0.15) is 0 Å². The summed E-state index contributed by atoms with van der Waals surface area (Å²) in [4.78, 5) is 31.4. The highest BCUT2D eigenvalue weighted by Gasteiger charge is 2.19. The number of benzene rings is 1. The van der Waals surface area contributed by atoms with Gasteiger partial charge in [-0.2, -0.15) is 0 Å². The number of imidazole rings is 1. The van der Waals surface area contributed by atoms with Crippen LogP contribution in [0.4, 0.5) is 0 Å². The molecule has 0 saturated heterocycles. The summed E-state index contributed by atoms with van der Waals surface area (Å²) < 4.78 is 3.31. The highest BCUT2D eigenvalue weighted by atomic mass is 32.2. The van der Waals surface area contributed by atoms with Crippen molar-refractivity contribution in [3.8, 4) is 0 Å². The highest BCUT2D eigenvalue weighted by molar-refractivity contribution is 7.99. The predicted octanol–water partition coefficient (Wildman–Crippen LogP) is 2.67. The average Bonchev–Trinajstić information content (AvgIpc) is 2.91. The van der Waals surface area contributed by atoms with Crippen LogP contribution >= 0.6 is 11.8 Å². The van der Waals surface area contributed by atoms with Gasteiger partial charge in [0, 0.05) is 12.3 Å². The first-order valence-electron chi connectivity index (χ1n) is 8.32. The number of rotatable bonds is 5. The van der Waals surface area contributed by atoms with Crippen LogP contribution in [0.3, 0.4) is 0 Å². The minimum Gasteiger partial charge on any atom is -0.309 e. The summed E-state index contributed by atoms with van der Waals surface area (Å²) in [6.45, 7) is 6.83. The maximum Gasteiger partial charge on any atom is 0.329 e. The van der Waals surface area contributed by atoms with Gasteiger partial charge in [-0.05, 0) is 18.9 Å². The van der Waals surface area contributed by atoms with E-state index in [9.17, 15) is 9.59 Å². The highest BCUT2D eigenvalue weighted by Crippen LogP contribution is 2.27. The van der Waals surface area contributed by atoms with Gasteiger partial charge in [0.05, 0.1) is 6.54 Å². The van der Waals surface area contributed by atoms with E-state index in [0.717, 1.165) is 17.1 Å². The Kier molecular flexibility index (Phi) is 4.85. The van der Waals surface area contributed by atoms with Gasteiger partial charge in [-0.3, -0.25) is 14.3 Å². The van der Waals surface area contributed by atoms with Gasteiger partial charge < -0.3 is 4.57 Å². The molecule has 6 nitrogen and oxygen atoms in total. The molecule has 0 aliphatic carbocycles. The van der Waals surface area contributed by atoms with Gasteiger partial charge in [0.15, 0.2) is 16.3 Å². The Labute approximate surface area is 149 Å². The number of H-pyrrole nitrogens is 1. The molecule has 25 heavy (non-hydrogen) atoms. The van der Waals surface area contributed by atoms with Gasteiger partial charge in [-0.15, -0.1) is 0 Å². The molecule has 2 aromatic heterocycles. The first kappa shape index (κ1) is 17.5. The number of hydrogen-bond donors (Lipinski definition) is 1. The number of nitrogens with zero attached hydrogens (tertiary/aromatic N) is 3. The first-order valence-corrected chi connectivity index (χ1v) is 9.20. The third kappa shape index (κ3) is 3.42. The smallest absolute Gasteiger partial charge is 0.309 e. The third-order valence-corrected chi connectivity index (χ3v) is 5.53. The second-order valence-corrected chi connectivity index (χ2v) is 7.70. The summed E-state index contributed by atoms with van der Waals surface area (Å²) in [7, 11) is 1.63. The maximum absolute atomic E-state index is 12.5. The summed E-state index contributed by atoms with van der Waals surface area (Å²) in [5, 5.41) is 1.13. The van der Waals surface area contributed by atoms with Gasteiger partial charge in [0.2, 0.25) is 0 Å². The second kappa shape index (κ2) is 6.92. The molecule has 0 bridgehead atoms. The Morgan fingerprint density at radius 1 is 1.32 bits per heavy atom. The fourth-order valence-electron chi connectivity index (χ4n) is 2.71. The molecule has 0 aliphatic heterocycles. The zero-order valence-electron chi connectivity index (χ0n) is 14.9. The molecular weight excluding hydrogens is 336 g/mol. The number of aromatic nitrogens is 4. The van der Waals surface area contributed by atoms with E-state index in [2.05, 4.69) is 29.9 Å². The van der Waals surface area contributed by atoms with E-state index in [0.29, 0.717) is 23.0 Å². The molecule has 3 rings (SSSR count). The van der Waals surface area contributed by atoms with E-state index in [-0.39, 0.29) is 0 Å². The first-order chi connectivity index (χ1) is 11.9. The van der Waals surface area contributed by atoms with E-state index in [4.69, 9.17) is 0 Å². The molecule has 3 aromatic rings. The summed E-state index contributed by atoms with van der Waals surface area (Å²) in [6.07, 6.45) is 0.994. The molecule has 1 atom stereocenters. The van der Waals surface area contributed by atoms with Crippen molar-refractivity contribution in [3.63, 3.8) is 0 Å². The lowest BCUT2D eigenvalue weighted by Gasteiger charge is -2.11. The van der Waals surface area contributed by atoms with Gasteiger partial charge in [0.25, 0.3) is 5.56 Å². The summed E-state index contributed by atoms with van der Waals surface area (Å²) in [6, 6.07) is 8.18. The number of fused-ring (bicyclic) bond motifs is 1. The lowest BCUT2D eigenvalue weighted by atomic mass is 10.1. The number of aryl methyl sites for hydroxylation is 2. The molecular formula is C18H22N4O2S. The van der Waals surface area contributed by atoms with Crippen molar-refractivity contribution in [3.05, 3.63) is 56.2 Å². The quantitative estimate of drug-likeness (QED) is 0.712. The van der Waals surface area contributed by atoms with Crippen molar-refractivity contribution in [1.82, 2.24) is 19.1 Å². The van der Waals surface area contributed by atoms with Crippen LogP contribution in [0.2, 0.25) is 0 Å². The predicted molar refractivity (Wildman–Crippen MR) is 101 cm³/mol. The average molecular weight is 358 g/mol. The van der Waals surface area contributed by atoms with Crippen LogP contribution in [-0.4, -0.2) is 24.4 Å². The molecule has 2 heterocycles. The van der Waals surface area contributed by atoms with Crippen molar-refractivity contribution in [2.24, 2.45) is 7.05 Å². The molecule has 1 aromatic carbocycles. The molecule has 132 valence electrons. The Bertz CT molecular complexity index is 1030. The second-order valence-electron chi connectivity index (χ2n) is 6.30. The van der Waals surface area contributed by atoms with Crippen molar-refractivity contribution in [2.75, 3.05) is 0 Å². The van der Waals surface area contributed by atoms with Gasteiger partial charge in [-0.1, -0.05) is 55.4 Å². The molecule has 0 aliphatic rings. The van der Waals surface area contributed by atoms with Crippen molar-refractivity contribution in [1.29, 1.82) is 0 Å². The van der Waals surface area contributed by atoms with Crippen LogP contribution in [0.15, 0.2) is 39.0 Å². The van der Waals surface area contributed by atoms with Crippen LogP contribution in [0.1, 0.15) is 31.4 Å². The lowest BCUT2D eigenvalue weighted by molar-refractivity contribution is 0.723. The van der Waals surface area contributed by atoms with Crippen LogP contribution in [0, 0.1) is 6.92 Å². The minimum atomic E-state index is -0.446. The Morgan fingerprint density at radius 2 is 2.08 bits per heavy atom. The maximum atomic E-state index is 12.5. The fourth-order valence-corrected chi connectivity index (χ4v) is 3.66. The zero-order chi connectivity index (χ0) is 18.1. The number of thioether (sulfide) groups is 1. The standard InChI is InChI=1S/C18H22N4O2S/c1-5-12(3)25-18-19-15-14(16(23)20-17(24)21(15)4)22(18)10-13-8-6-7-11(2)9-13/h6-9,12H,5,10H2,1-4H3,(H,20,23,24)/t12-/m1/s1. The molecule has 0 saturated carbocycles. The van der Waals surface area contributed by atoms with Crippen LogP contribution in [-0.2, 0) is 13.6 Å². The SMILES string of the molecule is CC[C@@H](C)Sc1nc2c(c(=O)[nH]c(=O)n2C)n1Cc1cccc(C)c1. The Hall–Kier alpha value is -2.28. The van der Waals surface area contributed by atoms with Gasteiger partial charge >= 0.3 is 5.69 Å². The number of hydrogen-bond acceptors (Lipinski definition) is 4. The third-order valence-electron chi connectivity index (χ3n) is 4.28. The largest absolute Gasteiger partial charge is 0.329 e. The molecule has 0 spiro atoms. The summed E-state index contributed by atoms with van der Waals surface area (Å²) in [5.41, 5.74) is 2.28. The van der Waals surface area contributed by atoms with E-state index in [1.807, 2.05) is 29.7 Å². The minimum absolute atomic E-state index is 0.365. The van der Waals surface area contributed by atoms with E-state index in [1.54, 1.807) is 18.8 Å². The number of aromatic amines is 1. The van der Waals surface area contributed by atoms with E-state index < -0.39 is 11.2 Å². The van der Waals surface area contributed by atoms with Crippen LogP contribution in [0.25, 0.3) is 11.2 Å². The Morgan fingerprint density at radius 3 is 2.76 bits per heavy atom. The van der Waals surface area contributed by atoms with Crippen LogP contribution < -0.4 is 11.2 Å². The zero-order valence-corrected chi connectivity index (χ0v) is 15.7. The number of nitrogens with one attached hydrogen (secondary N) is 1. The Balaban J connectivity index is 2.22. The molecule has 1 N–H and O–H groups in total. The summed E-state index contributed by atoms with van der Waals surface area (Å²) >= 11 is 1.63. The van der Waals surface area contributed by atoms with E-state index >= 15 is 0 Å². The summed E-state index contributed by atoms with van der Waals surface area (Å²) in [5.74, 6) is 0. The van der Waals surface area contributed by atoms with E-state index in [1.165, 1.54) is 10.1 Å². The monoisotopic (exact) mass is 358 g/mol. The molecule has 0 unspecified atom stereocenters. The molecule has 0 radical (unpaired) electrons. The topological polar surface area (TPSA) is 72.7 Å². The van der Waals surface area contributed by atoms with Crippen LogP contribution in [0.5, 0.6) is 0 Å². The lowest BCUT2D eigenvalue weighted by Crippen LogP contribution is -2.29. The fraction of sp³-hybridized carbons (Fsp3) is 0.389. The van der Waals surface area contributed by atoms with Gasteiger partial charge in [-0.25, -0.2) is 9.78 Å². The molecule has 0 fully saturated rings. The van der Waals surface area contributed by atoms with Crippen molar-refractivity contribution in [2.45, 2.75) is 44.1 Å².